The first-order valence-corrected chi connectivity index (χ1v) is 4.47. The highest BCUT2D eigenvalue weighted by atomic mass is 15.1. The van der Waals surface area contributed by atoms with Gasteiger partial charge in [0.2, 0.25) is 5.95 Å². The molecule has 0 spiro atoms. The first kappa shape index (κ1) is 7.53. The van der Waals surface area contributed by atoms with Crippen molar-refractivity contribution < 1.29 is 0 Å². The van der Waals surface area contributed by atoms with Gasteiger partial charge in [0.25, 0.3) is 0 Å². The molecule has 1 heterocycles. The predicted molar refractivity (Wildman–Crippen MR) is 48.2 cm³/mol. The number of nitrogens with zero attached hydrogens (tertiary/aromatic N) is 2. The van der Waals surface area contributed by atoms with Gasteiger partial charge >= 0.3 is 0 Å². The van der Waals surface area contributed by atoms with Crippen molar-refractivity contribution in [2.24, 2.45) is 0 Å². The highest BCUT2D eigenvalue weighted by Crippen LogP contribution is 2.38. The van der Waals surface area contributed by atoms with E-state index in [4.69, 9.17) is 0 Å². The van der Waals surface area contributed by atoms with Gasteiger partial charge in [-0.05, 0) is 25.8 Å². The molecule has 2 rings (SSSR count). The lowest BCUT2D eigenvalue weighted by molar-refractivity contribution is 0.975. The number of rotatable bonds is 3. The zero-order chi connectivity index (χ0) is 8.39. The molecule has 1 aromatic rings. The van der Waals surface area contributed by atoms with Crippen LogP contribution in [0.2, 0.25) is 0 Å². The summed E-state index contributed by atoms with van der Waals surface area (Å²) in [5, 5.41) is 3.11. The highest BCUT2D eigenvalue weighted by Gasteiger charge is 2.24. The van der Waals surface area contributed by atoms with Gasteiger partial charge in [0, 0.05) is 24.4 Å². The average molecular weight is 163 g/mol. The van der Waals surface area contributed by atoms with Crippen LogP contribution in [0.25, 0.3) is 0 Å². The van der Waals surface area contributed by atoms with Crippen LogP contribution >= 0.6 is 0 Å². The molecule has 1 aliphatic rings. The van der Waals surface area contributed by atoms with Crippen LogP contribution in [0, 0.1) is 0 Å². The molecule has 0 aliphatic heterocycles. The van der Waals surface area contributed by atoms with Crippen molar-refractivity contribution in [3.63, 3.8) is 0 Å². The van der Waals surface area contributed by atoms with Crippen LogP contribution < -0.4 is 5.32 Å². The molecule has 0 radical (unpaired) electrons. The molecule has 12 heavy (non-hydrogen) atoms. The van der Waals surface area contributed by atoms with Gasteiger partial charge in [0.15, 0.2) is 0 Å². The van der Waals surface area contributed by atoms with Crippen LogP contribution in [0.3, 0.4) is 0 Å². The molecule has 1 aromatic heterocycles. The van der Waals surface area contributed by atoms with Crippen LogP contribution in [-0.2, 0) is 0 Å². The lowest BCUT2D eigenvalue weighted by Gasteiger charge is -2.02. The van der Waals surface area contributed by atoms with Crippen LogP contribution in [-0.4, -0.2) is 16.5 Å². The molecule has 0 saturated heterocycles. The normalized spacial score (nSPS) is 16.1. The van der Waals surface area contributed by atoms with Crippen LogP contribution in [0.4, 0.5) is 5.95 Å². The van der Waals surface area contributed by atoms with Crippen molar-refractivity contribution >= 4 is 5.95 Å². The van der Waals surface area contributed by atoms with E-state index in [1.807, 2.05) is 19.2 Å². The van der Waals surface area contributed by atoms with Gasteiger partial charge in [-0.1, -0.05) is 0 Å². The third-order valence-corrected chi connectivity index (χ3v) is 2.01. The largest absolute Gasteiger partial charge is 0.354 e. The maximum absolute atomic E-state index is 4.40. The van der Waals surface area contributed by atoms with Gasteiger partial charge in [-0.2, -0.15) is 0 Å². The standard InChI is InChI=1S/C9H13N3/c1-2-10-9-11-6-5-8(12-9)7-3-4-7/h5-7H,2-4H2,1H3,(H,10,11,12). The maximum Gasteiger partial charge on any atom is 0.222 e. The summed E-state index contributed by atoms with van der Waals surface area (Å²) in [4.78, 5) is 8.52. The van der Waals surface area contributed by atoms with Crippen LogP contribution in [0.5, 0.6) is 0 Å². The fourth-order valence-corrected chi connectivity index (χ4v) is 1.22. The van der Waals surface area contributed by atoms with E-state index in [0.717, 1.165) is 12.5 Å². The molecule has 0 bridgehead atoms. The van der Waals surface area contributed by atoms with Crippen molar-refractivity contribution in [1.29, 1.82) is 0 Å². The number of hydrogen-bond donors (Lipinski definition) is 1. The molecule has 0 aromatic carbocycles. The predicted octanol–water partition coefficient (Wildman–Crippen LogP) is 1.79. The molecule has 1 fully saturated rings. The Morgan fingerprint density at radius 1 is 1.58 bits per heavy atom. The first-order valence-electron chi connectivity index (χ1n) is 4.47. The van der Waals surface area contributed by atoms with Gasteiger partial charge in [0.1, 0.15) is 0 Å². The Balaban J connectivity index is 2.15. The summed E-state index contributed by atoms with van der Waals surface area (Å²) in [7, 11) is 0. The first-order chi connectivity index (χ1) is 5.90. The minimum atomic E-state index is 0.713. The molecule has 0 unspecified atom stereocenters. The summed E-state index contributed by atoms with van der Waals surface area (Å²) in [6.07, 6.45) is 4.42. The van der Waals surface area contributed by atoms with Gasteiger partial charge in [-0.15, -0.1) is 0 Å². The molecule has 1 saturated carbocycles. The Hall–Kier alpha value is -1.12. The van der Waals surface area contributed by atoms with E-state index >= 15 is 0 Å². The minimum Gasteiger partial charge on any atom is -0.354 e. The maximum atomic E-state index is 4.40. The zero-order valence-corrected chi connectivity index (χ0v) is 7.25. The zero-order valence-electron chi connectivity index (χ0n) is 7.25. The second kappa shape index (κ2) is 3.09. The minimum absolute atomic E-state index is 0.713. The summed E-state index contributed by atoms with van der Waals surface area (Å²) in [6.45, 7) is 2.93. The van der Waals surface area contributed by atoms with E-state index in [0.29, 0.717) is 5.92 Å². The highest BCUT2D eigenvalue weighted by molar-refractivity contribution is 5.27. The summed E-state index contributed by atoms with van der Waals surface area (Å²) in [6, 6.07) is 2.01. The molecule has 3 heteroatoms. The van der Waals surface area contributed by atoms with E-state index in [1.54, 1.807) is 0 Å². The number of nitrogens with one attached hydrogen (secondary N) is 1. The quantitative estimate of drug-likeness (QED) is 0.738. The number of aromatic nitrogens is 2. The van der Waals surface area contributed by atoms with Crippen LogP contribution in [0.15, 0.2) is 12.3 Å². The average Bonchev–Trinajstić information content (AvgIpc) is 2.88. The smallest absolute Gasteiger partial charge is 0.222 e. The second-order valence-corrected chi connectivity index (χ2v) is 3.11. The van der Waals surface area contributed by atoms with Crippen LogP contribution in [0.1, 0.15) is 31.4 Å². The van der Waals surface area contributed by atoms with E-state index in [1.165, 1.54) is 18.5 Å². The molecule has 3 nitrogen and oxygen atoms in total. The summed E-state index contributed by atoms with van der Waals surface area (Å²) in [5.41, 5.74) is 1.20. The fraction of sp³-hybridized carbons (Fsp3) is 0.556. The Labute approximate surface area is 72.2 Å². The van der Waals surface area contributed by atoms with E-state index in [9.17, 15) is 0 Å². The van der Waals surface area contributed by atoms with E-state index in [-0.39, 0.29) is 0 Å². The Bertz CT molecular complexity index is 268. The van der Waals surface area contributed by atoms with Crippen molar-refractivity contribution in [2.75, 3.05) is 11.9 Å². The van der Waals surface area contributed by atoms with Gasteiger partial charge in [-0.3, -0.25) is 0 Å². The lowest BCUT2D eigenvalue weighted by atomic mass is 10.3. The third kappa shape index (κ3) is 1.55. The summed E-state index contributed by atoms with van der Waals surface area (Å²) < 4.78 is 0. The lowest BCUT2D eigenvalue weighted by Crippen LogP contribution is -2.02. The molecule has 1 N–H and O–H groups in total. The molecule has 0 amide bonds. The molecule has 64 valence electrons. The van der Waals surface area contributed by atoms with Crippen molar-refractivity contribution in [3.8, 4) is 0 Å². The fourth-order valence-electron chi connectivity index (χ4n) is 1.22. The van der Waals surface area contributed by atoms with E-state index in [2.05, 4.69) is 15.3 Å². The van der Waals surface area contributed by atoms with Gasteiger partial charge < -0.3 is 5.32 Å². The molecule has 0 atom stereocenters. The summed E-state index contributed by atoms with van der Waals surface area (Å²) >= 11 is 0. The Morgan fingerprint density at radius 3 is 3.08 bits per heavy atom. The number of hydrogen-bond acceptors (Lipinski definition) is 3. The van der Waals surface area contributed by atoms with Crippen molar-refractivity contribution in [1.82, 2.24) is 9.97 Å². The topological polar surface area (TPSA) is 37.8 Å². The van der Waals surface area contributed by atoms with Crippen molar-refractivity contribution in [3.05, 3.63) is 18.0 Å². The molecular weight excluding hydrogens is 150 g/mol. The Kier molecular flexibility index (Phi) is 1.94. The monoisotopic (exact) mass is 163 g/mol. The van der Waals surface area contributed by atoms with Crippen molar-refractivity contribution in [2.45, 2.75) is 25.7 Å². The summed E-state index contributed by atoms with van der Waals surface area (Å²) in [5.74, 6) is 1.48. The number of anilines is 1. The SMILES string of the molecule is CCNc1nccc(C2CC2)n1. The van der Waals surface area contributed by atoms with Gasteiger partial charge in [-0.25, -0.2) is 9.97 Å². The molecule has 1 aliphatic carbocycles. The van der Waals surface area contributed by atoms with Gasteiger partial charge in [0.05, 0.1) is 0 Å². The molecular formula is C9H13N3. The second-order valence-electron chi connectivity index (χ2n) is 3.11. The van der Waals surface area contributed by atoms with E-state index < -0.39 is 0 Å². The third-order valence-electron chi connectivity index (χ3n) is 2.01. The Morgan fingerprint density at radius 2 is 2.42 bits per heavy atom.